The maximum absolute atomic E-state index is 12.7. The molecule has 2 radical (unpaired) electrons. The highest BCUT2D eigenvalue weighted by molar-refractivity contribution is 6.32. The Morgan fingerprint density at radius 3 is 2.42 bits per heavy atom. The Labute approximate surface area is 143 Å². The highest BCUT2D eigenvalue weighted by Crippen LogP contribution is 2.42. The maximum atomic E-state index is 12.7. The molecule has 5 heteroatoms. The van der Waals surface area contributed by atoms with E-state index in [-0.39, 0.29) is 18.8 Å². The summed E-state index contributed by atoms with van der Waals surface area (Å²) in [6.45, 7) is 2.24. The molecule has 0 N–H and O–H groups in total. The number of hydrogen-bond donors (Lipinski definition) is 0. The smallest absolute Gasteiger partial charge is 0.261 e. The summed E-state index contributed by atoms with van der Waals surface area (Å²) in [4.78, 5) is 4.52. The van der Waals surface area contributed by atoms with Gasteiger partial charge in [0.1, 0.15) is 7.85 Å². The zero-order valence-electron chi connectivity index (χ0n) is 14.0. The molecule has 2 aliphatic rings. The molecule has 128 valence electrons. The molecule has 1 aromatic heterocycles. The minimum absolute atomic E-state index is 0.221. The van der Waals surface area contributed by atoms with Crippen LogP contribution in [0.25, 0.3) is 6.08 Å². The Bertz CT molecular complexity index is 597. The first kappa shape index (κ1) is 17.6. The van der Waals surface area contributed by atoms with Crippen molar-refractivity contribution in [1.82, 2.24) is 4.98 Å². The number of halogens is 3. The summed E-state index contributed by atoms with van der Waals surface area (Å²) >= 11 is 0. The van der Waals surface area contributed by atoms with Gasteiger partial charge in [0.2, 0.25) is 0 Å². The average Bonchev–Trinajstić information content (AvgIpc) is 2.50. The summed E-state index contributed by atoms with van der Waals surface area (Å²) in [6.07, 6.45) is 5.72. The highest BCUT2D eigenvalue weighted by Gasteiger charge is 2.41. The van der Waals surface area contributed by atoms with Crippen LogP contribution in [0.2, 0.25) is 0 Å². The van der Waals surface area contributed by atoms with Crippen LogP contribution < -0.4 is 5.46 Å². The zero-order chi connectivity index (χ0) is 17.3. The summed E-state index contributed by atoms with van der Waals surface area (Å²) in [7, 11) is 5.87. The second-order valence-electron chi connectivity index (χ2n) is 7.53. The van der Waals surface area contributed by atoms with Gasteiger partial charge in [0.05, 0.1) is 11.6 Å². The van der Waals surface area contributed by atoms with Crippen LogP contribution in [0, 0.1) is 17.8 Å². The van der Waals surface area contributed by atoms with Crippen molar-refractivity contribution in [2.75, 3.05) is 0 Å². The number of alkyl halides is 3. The molecule has 0 atom stereocenters. The fourth-order valence-corrected chi connectivity index (χ4v) is 3.99. The molecule has 0 unspecified atom stereocenters. The standard InChI is InChI=1S/C19H23BF3N/c1-12-8-15(9-12)18-14(10-17(20)11-24-18)5-2-13-3-6-16(7-4-13)19(21,22)23/h2,5,10-13,15-16H,3-4,6-9H2,1H3/b5-2+. The van der Waals surface area contributed by atoms with E-state index in [0.29, 0.717) is 24.2 Å². The Morgan fingerprint density at radius 1 is 1.17 bits per heavy atom. The second kappa shape index (κ2) is 6.93. The van der Waals surface area contributed by atoms with Gasteiger partial charge in [-0.2, -0.15) is 13.2 Å². The first-order chi connectivity index (χ1) is 11.3. The number of nitrogens with zero attached hydrogens (tertiary/aromatic N) is 1. The fraction of sp³-hybridized carbons (Fsp3) is 0.632. The van der Waals surface area contributed by atoms with Gasteiger partial charge in [0.15, 0.2) is 0 Å². The third kappa shape index (κ3) is 4.04. The molecule has 1 nitrogen and oxygen atoms in total. The van der Waals surface area contributed by atoms with Gasteiger partial charge in [-0.05, 0) is 55.9 Å². The molecule has 0 bridgehead atoms. The van der Waals surface area contributed by atoms with Gasteiger partial charge < -0.3 is 0 Å². The Kier molecular flexibility index (Phi) is 5.07. The van der Waals surface area contributed by atoms with Gasteiger partial charge in [0, 0.05) is 12.1 Å². The van der Waals surface area contributed by atoms with Crippen molar-refractivity contribution in [2.24, 2.45) is 17.8 Å². The minimum Gasteiger partial charge on any atom is -0.261 e. The number of aromatic nitrogens is 1. The lowest BCUT2D eigenvalue weighted by Gasteiger charge is -2.33. The van der Waals surface area contributed by atoms with Gasteiger partial charge in [-0.15, -0.1) is 0 Å². The largest absolute Gasteiger partial charge is 0.391 e. The average molecular weight is 333 g/mol. The predicted octanol–water partition coefficient (Wildman–Crippen LogP) is 4.77. The van der Waals surface area contributed by atoms with E-state index in [2.05, 4.69) is 18.0 Å². The van der Waals surface area contributed by atoms with Gasteiger partial charge in [-0.3, -0.25) is 4.98 Å². The SMILES string of the molecule is [B]c1cnc(C2CC(C)C2)c(/C=C/C2CCC(C(F)(F)F)CC2)c1. The molecule has 2 aliphatic carbocycles. The van der Waals surface area contributed by atoms with E-state index in [9.17, 15) is 13.2 Å². The Hall–Kier alpha value is -1.26. The Balaban J connectivity index is 1.66. The lowest BCUT2D eigenvalue weighted by molar-refractivity contribution is -0.183. The lowest BCUT2D eigenvalue weighted by Crippen LogP contribution is -2.27. The van der Waals surface area contributed by atoms with Crippen LogP contribution in [0.15, 0.2) is 18.3 Å². The first-order valence-corrected chi connectivity index (χ1v) is 8.83. The number of allylic oxidation sites excluding steroid dienone is 1. The molecule has 2 fully saturated rings. The van der Waals surface area contributed by atoms with E-state index in [1.807, 2.05) is 12.1 Å². The van der Waals surface area contributed by atoms with Crippen LogP contribution in [0.3, 0.4) is 0 Å². The van der Waals surface area contributed by atoms with E-state index >= 15 is 0 Å². The molecule has 0 aromatic carbocycles. The molecular weight excluding hydrogens is 310 g/mol. The molecular formula is C19H23BF3N. The van der Waals surface area contributed by atoms with Crippen LogP contribution in [0.4, 0.5) is 13.2 Å². The summed E-state index contributed by atoms with van der Waals surface area (Å²) in [6, 6.07) is 1.93. The normalized spacial score (nSPS) is 31.2. The second-order valence-corrected chi connectivity index (χ2v) is 7.53. The van der Waals surface area contributed by atoms with Gasteiger partial charge >= 0.3 is 6.18 Å². The van der Waals surface area contributed by atoms with Crippen LogP contribution in [0.1, 0.15) is 62.6 Å². The maximum Gasteiger partial charge on any atom is 0.391 e. The van der Waals surface area contributed by atoms with Crippen molar-refractivity contribution in [1.29, 1.82) is 0 Å². The van der Waals surface area contributed by atoms with Gasteiger partial charge in [-0.25, -0.2) is 0 Å². The van der Waals surface area contributed by atoms with Crippen LogP contribution in [-0.2, 0) is 0 Å². The molecule has 0 saturated heterocycles. The minimum atomic E-state index is -4.04. The summed E-state index contributed by atoms with van der Waals surface area (Å²) < 4.78 is 38.2. The molecule has 0 spiro atoms. The van der Waals surface area contributed by atoms with Crippen molar-refractivity contribution in [3.05, 3.63) is 29.6 Å². The van der Waals surface area contributed by atoms with Crippen LogP contribution in [-0.4, -0.2) is 19.0 Å². The van der Waals surface area contributed by atoms with Gasteiger partial charge in [-0.1, -0.05) is 30.6 Å². The molecule has 0 aliphatic heterocycles. The first-order valence-electron chi connectivity index (χ1n) is 8.83. The van der Waals surface area contributed by atoms with Crippen molar-refractivity contribution in [3.63, 3.8) is 0 Å². The number of hydrogen-bond acceptors (Lipinski definition) is 1. The third-order valence-electron chi connectivity index (χ3n) is 5.51. The van der Waals surface area contributed by atoms with Crippen LogP contribution >= 0.6 is 0 Å². The summed E-state index contributed by atoms with van der Waals surface area (Å²) in [5.74, 6) is 0.325. The topological polar surface area (TPSA) is 12.9 Å². The Morgan fingerprint density at radius 2 is 1.83 bits per heavy atom. The summed E-state index contributed by atoms with van der Waals surface area (Å²) in [5.41, 5.74) is 2.75. The van der Waals surface area contributed by atoms with Crippen LogP contribution in [0.5, 0.6) is 0 Å². The number of rotatable bonds is 3. The zero-order valence-corrected chi connectivity index (χ0v) is 14.0. The van der Waals surface area contributed by atoms with Crippen molar-refractivity contribution < 1.29 is 13.2 Å². The van der Waals surface area contributed by atoms with E-state index < -0.39 is 12.1 Å². The monoisotopic (exact) mass is 333 g/mol. The summed E-state index contributed by atoms with van der Waals surface area (Å²) in [5, 5.41) is 0. The highest BCUT2D eigenvalue weighted by atomic mass is 19.4. The van der Waals surface area contributed by atoms with E-state index in [1.54, 1.807) is 6.20 Å². The lowest BCUT2D eigenvalue weighted by atomic mass is 9.73. The molecule has 3 rings (SSSR count). The van der Waals surface area contributed by atoms with Gasteiger partial charge in [0.25, 0.3) is 0 Å². The van der Waals surface area contributed by atoms with E-state index in [0.717, 1.165) is 30.0 Å². The molecule has 1 aromatic rings. The molecule has 0 amide bonds. The van der Waals surface area contributed by atoms with Crippen molar-refractivity contribution in [2.45, 2.75) is 57.5 Å². The van der Waals surface area contributed by atoms with E-state index in [1.165, 1.54) is 0 Å². The van der Waals surface area contributed by atoms with E-state index in [4.69, 9.17) is 7.85 Å². The van der Waals surface area contributed by atoms with Crippen molar-refractivity contribution >= 4 is 19.4 Å². The van der Waals surface area contributed by atoms with Crippen molar-refractivity contribution in [3.8, 4) is 0 Å². The molecule has 2 saturated carbocycles. The third-order valence-corrected chi connectivity index (χ3v) is 5.51. The fourth-order valence-electron chi connectivity index (χ4n) is 3.99. The molecule has 1 heterocycles. The predicted molar refractivity (Wildman–Crippen MR) is 91.3 cm³/mol. The molecule has 24 heavy (non-hydrogen) atoms. The number of pyridine rings is 1. The quantitative estimate of drug-likeness (QED) is 0.726.